The normalized spacial score (nSPS) is 18.0. The third kappa shape index (κ3) is 4.61. The van der Waals surface area contributed by atoms with Crippen molar-refractivity contribution in [2.45, 2.75) is 44.7 Å². The number of amides is 3. The Morgan fingerprint density at radius 3 is 1.57 bits per heavy atom. The molecule has 40 heavy (non-hydrogen) atoms. The van der Waals surface area contributed by atoms with Crippen molar-refractivity contribution in [2.24, 2.45) is 0 Å². The molecule has 1 aromatic heterocycles. The Labute approximate surface area is 229 Å². The number of carbonyl (C=O) groups is 3. The molecule has 10 heteroatoms. The van der Waals surface area contributed by atoms with E-state index in [1.54, 1.807) is 39.0 Å². The van der Waals surface area contributed by atoms with Gasteiger partial charge >= 0.3 is 6.18 Å². The largest absolute Gasteiger partial charge is 0.417 e. The fourth-order valence-electron chi connectivity index (χ4n) is 5.86. The molecular weight excluding hydrogens is 521 g/mol. The molecule has 0 radical (unpaired) electrons. The van der Waals surface area contributed by atoms with Gasteiger partial charge in [-0.3, -0.25) is 19.4 Å². The lowest BCUT2D eigenvalue weighted by molar-refractivity contribution is -0.137. The first-order chi connectivity index (χ1) is 19.2. The molecule has 0 bridgehead atoms. The molecule has 2 aromatic carbocycles. The summed E-state index contributed by atoms with van der Waals surface area (Å²) in [7, 11) is 0. The average Bonchev–Trinajstić information content (AvgIpc) is 3.69. The van der Waals surface area contributed by atoms with E-state index < -0.39 is 11.7 Å². The van der Waals surface area contributed by atoms with Gasteiger partial charge in [-0.05, 0) is 48.6 Å². The van der Waals surface area contributed by atoms with Gasteiger partial charge in [0.05, 0.1) is 22.6 Å². The van der Waals surface area contributed by atoms with Crippen LogP contribution >= 0.6 is 0 Å². The van der Waals surface area contributed by atoms with Crippen LogP contribution in [0.2, 0.25) is 0 Å². The molecule has 206 valence electrons. The highest BCUT2D eigenvalue weighted by molar-refractivity contribution is 6.08. The number of benzene rings is 2. The molecule has 3 amide bonds. The highest BCUT2D eigenvalue weighted by Crippen LogP contribution is 2.45. The van der Waals surface area contributed by atoms with Gasteiger partial charge in [0.15, 0.2) is 0 Å². The van der Waals surface area contributed by atoms with Gasteiger partial charge in [-0.25, -0.2) is 0 Å². The lowest BCUT2D eigenvalue weighted by Gasteiger charge is -2.29. The lowest BCUT2D eigenvalue weighted by Crippen LogP contribution is -2.31. The molecular formula is C30H27F3N4O3. The van der Waals surface area contributed by atoms with Crippen molar-refractivity contribution in [2.75, 3.05) is 34.3 Å². The number of nitrogens with zero attached hydrogens (tertiary/aromatic N) is 4. The summed E-state index contributed by atoms with van der Waals surface area (Å²) in [6.07, 6.45) is 1.14. The number of carbonyl (C=O) groups excluding carboxylic acids is 3. The van der Waals surface area contributed by atoms with Gasteiger partial charge in [0, 0.05) is 62.4 Å². The second-order valence-corrected chi connectivity index (χ2v) is 10.3. The van der Waals surface area contributed by atoms with E-state index in [2.05, 4.69) is 4.98 Å². The van der Waals surface area contributed by atoms with Crippen molar-refractivity contribution in [3.63, 3.8) is 0 Å². The average molecular weight is 549 g/mol. The zero-order valence-electron chi connectivity index (χ0n) is 21.7. The van der Waals surface area contributed by atoms with Gasteiger partial charge < -0.3 is 14.7 Å². The van der Waals surface area contributed by atoms with Crippen LogP contribution in [0.15, 0.2) is 54.9 Å². The third-order valence-electron chi connectivity index (χ3n) is 7.82. The Morgan fingerprint density at radius 2 is 1.10 bits per heavy atom. The number of aromatic nitrogens is 1. The molecule has 0 spiro atoms. The Bertz CT molecular complexity index is 1500. The van der Waals surface area contributed by atoms with E-state index in [1.165, 1.54) is 6.20 Å². The summed E-state index contributed by atoms with van der Waals surface area (Å²) >= 11 is 0. The summed E-state index contributed by atoms with van der Waals surface area (Å²) in [6, 6.07) is 11.3. The van der Waals surface area contributed by atoms with E-state index in [0.717, 1.165) is 12.3 Å². The Morgan fingerprint density at radius 1 is 0.625 bits per heavy atom. The summed E-state index contributed by atoms with van der Waals surface area (Å²) in [5.74, 6) is -0.0946. The maximum atomic E-state index is 13.6. The second-order valence-electron chi connectivity index (χ2n) is 10.3. The first kappa shape index (κ1) is 26.0. The standard InChI is InChI=1S/C30H27F3N4O3/c31-30(32,33)23-11-12-34-18-22(23)20-9-7-19(8-10-20)21-16-25(36-14-2-5-28(36)39)26(37-15-3-6-29(37)40)17-24(21)35-13-1-4-27(35)38/h7-12,16-18H,1-6,13-15H2. The van der Waals surface area contributed by atoms with Crippen LogP contribution in [-0.4, -0.2) is 42.3 Å². The molecule has 0 atom stereocenters. The maximum Gasteiger partial charge on any atom is 0.417 e. The van der Waals surface area contributed by atoms with Crippen molar-refractivity contribution >= 4 is 34.8 Å². The minimum atomic E-state index is -4.53. The molecule has 3 aliphatic rings. The van der Waals surface area contributed by atoms with Crippen LogP contribution in [-0.2, 0) is 20.6 Å². The summed E-state index contributed by atoms with van der Waals surface area (Å²) in [5.41, 5.74) is 2.76. The first-order valence-electron chi connectivity index (χ1n) is 13.4. The van der Waals surface area contributed by atoms with Crippen LogP contribution in [0, 0.1) is 0 Å². The van der Waals surface area contributed by atoms with Gasteiger partial charge in [-0.2, -0.15) is 13.2 Å². The number of anilines is 3. The van der Waals surface area contributed by atoms with Crippen LogP contribution in [0.4, 0.5) is 30.2 Å². The van der Waals surface area contributed by atoms with Crippen molar-refractivity contribution in [1.82, 2.24) is 4.98 Å². The van der Waals surface area contributed by atoms with E-state index in [0.29, 0.717) is 91.9 Å². The number of hydrogen-bond acceptors (Lipinski definition) is 4. The van der Waals surface area contributed by atoms with Gasteiger partial charge in [0.1, 0.15) is 0 Å². The number of halogens is 3. The van der Waals surface area contributed by atoms with Crippen molar-refractivity contribution in [1.29, 1.82) is 0 Å². The summed E-state index contributed by atoms with van der Waals surface area (Å²) in [6.45, 7) is 1.57. The molecule has 0 unspecified atom stereocenters. The zero-order valence-corrected chi connectivity index (χ0v) is 21.7. The predicted octanol–water partition coefficient (Wildman–Crippen LogP) is 5.81. The third-order valence-corrected chi connectivity index (χ3v) is 7.82. The molecule has 6 rings (SSSR count). The topological polar surface area (TPSA) is 73.8 Å². The lowest BCUT2D eigenvalue weighted by atomic mass is 9.96. The van der Waals surface area contributed by atoms with Crippen LogP contribution in [0.25, 0.3) is 22.3 Å². The minimum Gasteiger partial charge on any atom is -0.312 e. The van der Waals surface area contributed by atoms with Crippen molar-refractivity contribution < 1.29 is 27.6 Å². The van der Waals surface area contributed by atoms with Crippen LogP contribution in [0.3, 0.4) is 0 Å². The summed E-state index contributed by atoms with van der Waals surface area (Å²) in [4.78, 5) is 47.5. The Kier molecular flexibility index (Phi) is 6.56. The molecule has 3 fully saturated rings. The fraction of sp³-hybridized carbons (Fsp3) is 0.333. The highest BCUT2D eigenvalue weighted by Gasteiger charge is 2.35. The molecule has 0 aliphatic carbocycles. The monoisotopic (exact) mass is 548 g/mol. The zero-order chi connectivity index (χ0) is 28.0. The minimum absolute atomic E-state index is 0.0252. The molecule has 3 aliphatic heterocycles. The van der Waals surface area contributed by atoms with E-state index >= 15 is 0 Å². The highest BCUT2D eigenvalue weighted by atomic mass is 19.4. The predicted molar refractivity (Wildman–Crippen MR) is 145 cm³/mol. The molecule has 3 aromatic rings. The number of alkyl halides is 3. The molecule has 7 nitrogen and oxygen atoms in total. The van der Waals surface area contributed by atoms with E-state index in [4.69, 9.17) is 0 Å². The Balaban J connectivity index is 1.50. The van der Waals surface area contributed by atoms with E-state index in [1.807, 2.05) is 12.1 Å². The summed E-state index contributed by atoms with van der Waals surface area (Å²) < 4.78 is 40.9. The summed E-state index contributed by atoms with van der Waals surface area (Å²) in [5, 5.41) is 0. The van der Waals surface area contributed by atoms with Crippen LogP contribution < -0.4 is 14.7 Å². The SMILES string of the molecule is O=C1CCCN1c1cc(N2CCCC2=O)c(N2CCCC2=O)cc1-c1ccc(-c2cnccc2C(F)(F)F)cc1. The van der Waals surface area contributed by atoms with Gasteiger partial charge in [-0.1, -0.05) is 24.3 Å². The number of hydrogen-bond donors (Lipinski definition) is 0. The quantitative estimate of drug-likeness (QED) is 0.403. The van der Waals surface area contributed by atoms with E-state index in [9.17, 15) is 27.6 Å². The fourth-order valence-corrected chi connectivity index (χ4v) is 5.86. The second kappa shape index (κ2) is 10.1. The molecule has 0 saturated carbocycles. The number of rotatable bonds is 5. The molecule has 3 saturated heterocycles. The van der Waals surface area contributed by atoms with Crippen molar-refractivity contribution in [3.8, 4) is 22.3 Å². The number of pyridine rings is 1. The van der Waals surface area contributed by atoms with Gasteiger partial charge in [-0.15, -0.1) is 0 Å². The van der Waals surface area contributed by atoms with Crippen LogP contribution in [0.5, 0.6) is 0 Å². The van der Waals surface area contributed by atoms with Gasteiger partial charge in [0.2, 0.25) is 17.7 Å². The maximum absolute atomic E-state index is 13.6. The van der Waals surface area contributed by atoms with Crippen molar-refractivity contribution in [3.05, 3.63) is 60.4 Å². The van der Waals surface area contributed by atoms with Gasteiger partial charge in [0.25, 0.3) is 0 Å². The van der Waals surface area contributed by atoms with Crippen LogP contribution in [0.1, 0.15) is 44.1 Å². The Hall–Kier alpha value is -4.21. The van der Waals surface area contributed by atoms with E-state index in [-0.39, 0.29) is 23.3 Å². The first-order valence-corrected chi connectivity index (χ1v) is 13.4. The molecule has 0 N–H and O–H groups in total. The molecule has 4 heterocycles. The smallest absolute Gasteiger partial charge is 0.312 e.